The lowest BCUT2D eigenvalue weighted by Crippen LogP contribution is -2.27. The summed E-state index contributed by atoms with van der Waals surface area (Å²) in [5.74, 6) is 0.672. The topological polar surface area (TPSA) is 56.5 Å². The Labute approximate surface area is 91.2 Å². The Kier molecular flexibility index (Phi) is 3.00. The smallest absolute Gasteiger partial charge is 0.336 e. The van der Waals surface area contributed by atoms with Gasteiger partial charge in [-0.15, -0.1) is 0 Å². The van der Waals surface area contributed by atoms with Crippen LogP contribution in [0.2, 0.25) is 0 Å². The molecule has 0 radical (unpaired) electrons. The van der Waals surface area contributed by atoms with Crippen LogP contribution in [0.5, 0.6) is 0 Å². The van der Waals surface area contributed by atoms with Crippen molar-refractivity contribution >= 4 is 18.4 Å². The maximum atomic E-state index is 11.0. The Hall–Kier alpha value is -2.10. The van der Waals surface area contributed by atoms with Gasteiger partial charge >= 0.3 is 5.63 Å². The minimum absolute atomic E-state index is 0.0355. The van der Waals surface area contributed by atoms with Gasteiger partial charge in [0.2, 0.25) is 0 Å². The number of carbonyl (C=O) groups is 1. The summed E-state index contributed by atoms with van der Waals surface area (Å²) in [7, 11) is 0. The molecule has 0 bridgehead atoms. The molecule has 1 aliphatic rings. The summed E-state index contributed by atoms with van der Waals surface area (Å²) in [4.78, 5) is 21.2. The molecule has 2 rings (SSSR count). The summed E-state index contributed by atoms with van der Waals surface area (Å²) >= 11 is 0. The molecule has 0 saturated heterocycles. The normalized spacial score (nSPS) is 13.6. The summed E-state index contributed by atoms with van der Waals surface area (Å²) in [5, 5.41) is 0.823. The highest BCUT2D eigenvalue weighted by Gasteiger charge is 2.00. The van der Waals surface area contributed by atoms with Gasteiger partial charge in [-0.3, -0.25) is 4.79 Å². The third-order valence-corrected chi connectivity index (χ3v) is 2.17. The van der Waals surface area contributed by atoms with Crippen LogP contribution in [0.1, 0.15) is 6.42 Å². The first kappa shape index (κ1) is 10.4. The molecule has 16 heavy (non-hydrogen) atoms. The molecular formula is C12H10O4. The SMILES string of the molecule is O=CCOC1=CC=c2ccc(=O)oc2=CC1. The number of fused-ring (bicyclic) bond motifs is 1. The van der Waals surface area contributed by atoms with Crippen LogP contribution in [0.3, 0.4) is 0 Å². The van der Waals surface area contributed by atoms with Crippen molar-refractivity contribution in [2.75, 3.05) is 6.61 Å². The van der Waals surface area contributed by atoms with Crippen molar-refractivity contribution in [3.8, 4) is 0 Å². The fourth-order valence-corrected chi connectivity index (χ4v) is 1.43. The summed E-state index contributed by atoms with van der Waals surface area (Å²) in [6, 6.07) is 3.06. The lowest BCUT2D eigenvalue weighted by molar-refractivity contribution is -0.110. The first-order chi connectivity index (χ1) is 7.79. The summed E-state index contributed by atoms with van der Waals surface area (Å²) in [6.07, 6.45) is 6.52. The summed E-state index contributed by atoms with van der Waals surface area (Å²) < 4.78 is 10.2. The van der Waals surface area contributed by atoms with Crippen LogP contribution in [0.4, 0.5) is 0 Å². The van der Waals surface area contributed by atoms with Gasteiger partial charge in [-0.2, -0.15) is 0 Å². The Morgan fingerprint density at radius 2 is 2.25 bits per heavy atom. The predicted molar refractivity (Wildman–Crippen MR) is 57.9 cm³/mol. The number of rotatable bonds is 3. The lowest BCUT2D eigenvalue weighted by Gasteiger charge is -2.02. The van der Waals surface area contributed by atoms with Crippen LogP contribution in [0.15, 0.2) is 33.2 Å². The Morgan fingerprint density at radius 3 is 3.06 bits per heavy atom. The minimum Gasteiger partial charge on any atom is -0.490 e. The minimum atomic E-state index is -0.374. The van der Waals surface area contributed by atoms with Crippen molar-refractivity contribution in [1.29, 1.82) is 0 Å². The van der Waals surface area contributed by atoms with Gasteiger partial charge < -0.3 is 9.15 Å². The third-order valence-electron chi connectivity index (χ3n) is 2.17. The van der Waals surface area contributed by atoms with Crippen molar-refractivity contribution in [2.24, 2.45) is 0 Å². The zero-order valence-corrected chi connectivity index (χ0v) is 8.51. The van der Waals surface area contributed by atoms with E-state index in [4.69, 9.17) is 9.15 Å². The van der Waals surface area contributed by atoms with Crippen LogP contribution in [-0.4, -0.2) is 12.9 Å². The molecule has 0 fully saturated rings. The van der Waals surface area contributed by atoms with Crippen LogP contribution in [0, 0.1) is 0 Å². The van der Waals surface area contributed by atoms with Gasteiger partial charge in [0, 0.05) is 17.7 Å². The number of allylic oxidation sites excluding steroid dienone is 2. The van der Waals surface area contributed by atoms with Crippen molar-refractivity contribution in [1.82, 2.24) is 0 Å². The Balaban J connectivity index is 2.37. The molecule has 0 aliphatic heterocycles. The molecule has 82 valence electrons. The van der Waals surface area contributed by atoms with Crippen LogP contribution < -0.4 is 16.3 Å². The largest absolute Gasteiger partial charge is 0.490 e. The average Bonchev–Trinajstić information content (AvgIpc) is 2.48. The molecule has 0 unspecified atom stereocenters. The zero-order chi connectivity index (χ0) is 11.4. The standard InChI is InChI=1S/C12H10O4/c13-7-8-15-10-3-1-9-2-6-12(14)16-11(9)5-4-10/h1-3,5-7H,4,8H2. The number of hydrogen-bond donors (Lipinski definition) is 0. The van der Waals surface area contributed by atoms with E-state index in [1.165, 1.54) is 6.07 Å². The highest BCUT2D eigenvalue weighted by Crippen LogP contribution is 2.05. The van der Waals surface area contributed by atoms with Crippen molar-refractivity contribution < 1.29 is 13.9 Å². The Bertz CT molecular complexity index is 592. The van der Waals surface area contributed by atoms with E-state index in [9.17, 15) is 9.59 Å². The molecule has 4 heteroatoms. The van der Waals surface area contributed by atoms with Crippen molar-refractivity contribution in [3.05, 3.63) is 45.0 Å². The summed E-state index contributed by atoms with van der Waals surface area (Å²) in [6.45, 7) is 0.0355. The quantitative estimate of drug-likeness (QED) is 0.654. The molecular weight excluding hydrogens is 208 g/mol. The number of ether oxygens (including phenoxy) is 1. The van der Waals surface area contributed by atoms with Gasteiger partial charge in [0.15, 0.2) is 6.29 Å². The lowest BCUT2D eigenvalue weighted by atomic mass is 10.3. The maximum absolute atomic E-state index is 11.0. The predicted octanol–water partition coefficient (Wildman–Crippen LogP) is -0.296. The van der Waals surface area contributed by atoms with E-state index < -0.39 is 0 Å². The molecule has 0 aromatic carbocycles. The van der Waals surface area contributed by atoms with Gasteiger partial charge in [0.1, 0.15) is 17.8 Å². The first-order valence-electron chi connectivity index (χ1n) is 4.87. The van der Waals surface area contributed by atoms with Gasteiger partial charge in [-0.25, -0.2) is 4.79 Å². The van der Waals surface area contributed by atoms with Crippen molar-refractivity contribution in [2.45, 2.75) is 6.42 Å². The highest BCUT2D eigenvalue weighted by atomic mass is 16.5. The van der Waals surface area contributed by atoms with E-state index in [0.717, 1.165) is 5.22 Å². The fraction of sp³-hybridized carbons (Fsp3) is 0.167. The van der Waals surface area contributed by atoms with E-state index in [1.54, 1.807) is 24.3 Å². The molecule has 0 N–H and O–H groups in total. The van der Waals surface area contributed by atoms with E-state index in [-0.39, 0.29) is 12.2 Å². The monoisotopic (exact) mass is 218 g/mol. The zero-order valence-electron chi connectivity index (χ0n) is 8.51. The van der Waals surface area contributed by atoms with E-state index in [1.807, 2.05) is 0 Å². The number of carbonyl (C=O) groups excluding carboxylic acids is 1. The molecule has 1 aliphatic carbocycles. The second kappa shape index (κ2) is 4.61. The molecule has 4 nitrogen and oxygen atoms in total. The van der Waals surface area contributed by atoms with Gasteiger partial charge in [-0.05, 0) is 24.3 Å². The fourth-order valence-electron chi connectivity index (χ4n) is 1.43. The van der Waals surface area contributed by atoms with E-state index in [2.05, 4.69) is 0 Å². The van der Waals surface area contributed by atoms with E-state index in [0.29, 0.717) is 23.9 Å². The van der Waals surface area contributed by atoms with Crippen LogP contribution in [-0.2, 0) is 9.53 Å². The van der Waals surface area contributed by atoms with Crippen molar-refractivity contribution in [3.63, 3.8) is 0 Å². The average molecular weight is 218 g/mol. The molecule has 0 atom stereocenters. The molecule has 0 saturated carbocycles. The number of aldehydes is 1. The van der Waals surface area contributed by atoms with Crippen LogP contribution in [0.25, 0.3) is 12.2 Å². The summed E-state index contributed by atoms with van der Waals surface area (Å²) in [5.41, 5.74) is 0.161. The molecule has 0 amide bonds. The first-order valence-corrected chi connectivity index (χ1v) is 4.87. The Morgan fingerprint density at radius 1 is 1.38 bits per heavy atom. The molecule has 0 spiro atoms. The maximum Gasteiger partial charge on any atom is 0.336 e. The molecule has 1 heterocycles. The van der Waals surface area contributed by atoms with Crippen LogP contribution >= 0.6 is 0 Å². The third kappa shape index (κ3) is 2.28. The molecule has 1 aromatic heterocycles. The van der Waals surface area contributed by atoms with Gasteiger partial charge in [0.05, 0.1) is 0 Å². The van der Waals surface area contributed by atoms with E-state index >= 15 is 0 Å². The highest BCUT2D eigenvalue weighted by molar-refractivity contribution is 5.51. The van der Waals surface area contributed by atoms with Gasteiger partial charge in [-0.1, -0.05) is 0 Å². The molecule has 1 aromatic rings. The second-order valence-electron chi connectivity index (χ2n) is 3.26. The van der Waals surface area contributed by atoms with Gasteiger partial charge in [0.25, 0.3) is 0 Å². The second-order valence-corrected chi connectivity index (χ2v) is 3.26. The number of hydrogen-bond acceptors (Lipinski definition) is 4.